The van der Waals surface area contributed by atoms with Gasteiger partial charge in [-0.25, -0.2) is 4.79 Å². The Labute approximate surface area is 194 Å². The molecule has 32 heavy (non-hydrogen) atoms. The smallest absolute Gasteiger partial charge is 0.480 e. The molecule has 1 aromatic heterocycles. The number of nitrogens with one attached hydrogen (secondary N) is 1. The normalized spacial score (nSPS) is 18.4. The first kappa shape index (κ1) is 24.5. The van der Waals surface area contributed by atoms with Crippen LogP contribution < -0.4 is 10.8 Å². The van der Waals surface area contributed by atoms with Crippen LogP contribution in [-0.4, -0.2) is 41.3 Å². The first-order valence-corrected chi connectivity index (χ1v) is 11.6. The first-order valence-electron chi connectivity index (χ1n) is 10.8. The predicted molar refractivity (Wildman–Crippen MR) is 128 cm³/mol. The topological polar surface area (TPSA) is 84.9 Å². The summed E-state index contributed by atoms with van der Waals surface area (Å²) in [4.78, 5) is 26.0. The average Bonchev–Trinajstić information content (AvgIpc) is 3.24. The van der Waals surface area contributed by atoms with Crippen LogP contribution in [0.2, 0.25) is 0 Å². The molecule has 3 rings (SSSR count). The Kier molecular flexibility index (Phi) is 6.62. The predicted octanol–water partition coefficient (Wildman–Crippen LogP) is 3.77. The SMILES string of the molecule is CC(C)(C)c1ccc(C(=O)N[C@@H](Cc2ccc(B3OC(C)(C)C(C)(C)O3)cc2)C(=O)O)s1. The van der Waals surface area contributed by atoms with Gasteiger partial charge in [-0.3, -0.25) is 4.79 Å². The summed E-state index contributed by atoms with van der Waals surface area (Å²) in [5.74, 6) is -1.44. The summed E-state index contributed by atoms with van der Waals surface area (Å²) in [5.41, 5.74) is 0.762. The van der Waals surface area contributed by atoms with Crippen molar-refractivity contribution < 1.29 is 24.0 Å². The maximum atomic E-state index is 12.6. The van der Waals surface area contributed by atoms with E-state index in [2.05, 4.69) is 26.1 Å². The van der Waals surface area contributed by atoms with Crippen LogP contribution in [0.3, 0.4) is 0 Å². The molecule has 1 fully saturated rings. The molecule has 0 bridgehead atoms. The molecular weight excluding hydrogens is 425 g/mol. The second-order valence-electron chi connectivity index (χ2n) is 10.3. The molecule has 0 aliphatic carbocycles. The number of amides is 1. The van der Waals surface area contributed by atoms with E-state index in [1.54, 1.807) is 6.07 Å². The van der Waals surface area contributed by atoms with E-state index in [4.69, 9.17) is 9.31 Å². The summed E-state index contributed by atoms with van der Waals surface area (Å²) >= 11 is 1.39. The fraction of sp³-hybridized carbons (Fsp3) is 0.500. The van der Waals surface area contributed by atoms with Gasteiger partial charge in [0.2, 0.25) is 0 Å². The van der Waals surface area contributed by atoms with Crippen LogP contribution in [0.4, 0.5) is 0 Å². The number of carbonyl (C=O) groups excluding carboxylic acids is 1. The van der Waals surface area contributed by atoms with Crippen LogP contribution in [0.25, 0.3) is 0 Å². The van der Waals surface area contributed by atoms with Crippen LogP contribution in [0.1, 0.15) is 68.6 Å². The highest BCUT2D eigenvalue weighted by Gasteiger charge is 2.51. The number of rotatable bonds is 6. The molecule has 8 heteroatoms. The average molecular weight is 457 g/mol. The number of carbonyl (C=O) groups is 2. The number of hydrogen-bond donors (Lipinski definition) is 2. The van der Waals surface area contributed by atoms with Crippen LogP contribution in [-0.2, 0) is 25.9 Å². The van der Waals surface area contributed by atoms with Crippen molar-refractivity contribution in [3.63, 3.8) is 0 Å². The summed E-state index contributed by atoms with van der Waals surface area (Å²) in [6.07, 6.45) is 0.183. The maximum Gasteiger partial charge on any atom is 0.494 e. The lowest BCUT2D eigenvalue weighted by molar-refractivity contribution is -0.139. The number of benzene rings is 1. The third-order valence-electron chi connectivity index (χ3n) is 6.12. The minimum Gasteiger partial charge on any atom is -0.480 e. The lowest BCUT2D eigenvalue weighted by Gasteiger charge is -2.32. The Morgan fingerprint density at radius 2 is 1.59 bits per heavy atom. The Hall–Kier alpha value is -2.16. The molecule has 1 saturated heterocycles. The fourth-order valence-electron chi connectivity index (χ4n) is 3.32. The van der Waals surface area contributed by atoms with Gasteiger partial charge < -0.3 is 19.7 Å². The Morgan fingerprint density at radius 1 is 1.03 bits per heavy atom. The fourth-order valence-corrected chi connectivity index (χ4v) is 4.29. The molecule has 6 nitrogen and oxygen atoms in total. The van der Waals surface area contributed by atoms with E-state index >= 15 is 0 Å². The molecule has 1 aliphatic rings. The zero-order valence-electron chi connectivity index (χ0n) is 19.8. The van der Waals surface area contributed by atoms with Gasteiger partial charge in [0, 0.05) is 11.3 Å². The lowest BCUT2D eigenvalue weighted by Crippen LogP contribution is -2.42. The minimum absolute atomic E-state index is 0.0612. The summed E-state index contributed by atoms with van der Waals surface area (Å²) in [5, 5.41) is 12.3. The van der Waals surface area contributed by atoms with E-state index in [1.807, 2.05) is 58.0 Å². The molecule has 0 radical (unpaired) electrons. The van der Waals surface area contributed by atoms with Gasteiger partial charge in [0.1, 0.15) is 6.04 Å². The van der Waals surface area contributed by atoms with E-state index < -0.39 is 30.3 Å². The van der Waals surface area contributed by atoms with Crippen LogP contribution >= 0.6 is 11.3 Å². The van der Waals surface area contributed by atoms with Crippen molar-refractivity contribution in [1.29, 1.82) is 0 Å². The van der Waals surface area contributed by atoms with Crippen LogP contribution in [0.5, 0.6) is 0 Å². The lowest BCUT2D eigenvalue weighted by atomic mass is 9.78. The van der Waals surface area contributed by atoms with Gasteiger partial charge in [0.05, 0.1) is 16.1 Å². The quantitative estimate of drug-likeness (QED) is 0.646. The third-order valence-corrected chi connectivity index (χ3v) is 7.63. The van der Waals surface area contributed by atoms with Crippen LogP contribution in [0.15, 0.2) is 36.4 Å². The summed E-state index contributed by atoms with van der Waals surface area (Å²) < 4.78 is 12.1. The second kappa shape index (κ2) is 8.65. The number of thiophene rings is 1. The van der Waals surface area contributed by atoms with E-state index in [0.717, 1.165) is 15.9 Å². The Bertz CT molecular complexity index is 975. The molecular formula is C24H32BNO5S. The number of carboxylic acid groups (broad SMARTS) is 1. The van der Waals surface area contributed by atoms with Gasteiger partial charge in [-0.2, -0.15) is 0 Å². The van der Waals surface area contributed by atoms with Crippen LogP contribution in [0, 0.1) is 0 Å². The van der Waals surface area contributed by atoms with E-state index in [9.17, 15) is 14.7 Å². The highest BCUT2D eigenvalue weighted by atomic mass is 32.1. The van der Waals surface area contributed by atoms with Crippen molar-refractivity contribution in [2.45, 2.75) is 77.5 Å². The molecule has 1 aromatic carbocycles. The van der Waals surface area contributed by atoms with Crippen molar-refractivity contribution in [3.05, 3.63) is 51.7 Å². The maximum absolute atomic E-state index is 12.6. The van der Waals surface area contributed by atoms with Gasteiger partial charge in [-0.1, -0.05) is 45.0 Å². The summed E-state index contributed by atoms with van der Waals surface area (Å²) in [6.45, 7) is 14.2. The van der Waals surface area contributed by atoms with Crippen molar-refractivity contribution >= 4 is 35.8 Å². The molecule has 1 atom stereocenters. The zero-order chi connectivity index (χ0) is 23.9. The zero-order valence-corrected chi connectivity index (χ0v) is 20.6. The Morgan fingerprint density at radius 3 is 2.06 bits per heavy atom. The van der Waals surface area contributed by atoms with Crippen molar-refractivity contribution in [3.8, 4) is 0 Å². The standard InChI is InChI=1S/C24H32BNO5S/c1-22(2,3)19-13-12-18(32-19)20(27)26-17(21(28)29)14-15-8-10-16(11-9-15)25-30-23(4,5)24(6,7)31-25/h8-13,17H,14H2,1-7H3,(H,26,27)(H,28,29)/t17-/m0/s1. The van der Waals surface area contributed by atoms with Crippen molar-refractivity contribution in [2.75, 3.05) is 0 Å². The summed E-state index contributed by atoms with van der Waals surface area (Å²) in [7, 11) is -0.472. The molecule has 0 unspecified atom stereocenters. The van der Waals surface area contributed by atoms with Gasteiger partial charge in [0.25, 0.3) is 5.91 Å². The molecule has 2 heterocycles. The monoisotopic (exact) mass is 457 g/mol. The molecule has 2 N–H and O–H groups in total. The molecule has 172 valence electrons. The molecule has 0 spiro atoms. The second-order valence-corrected chi connectivity index (χ2v) is 11.4. The first-order chi connectivity index (χ1) is 14.7. The molecule has 2 aromatic rings. The van der Waals surface area contributed by atoms with Gasteiger partial charge in [-0.15, -0.1) is 11.3 Å². The van der Waals surface area contributed by atoms with Gasteiger partial charge >= 0.3 is 13.1 Å². The minimum atomic E-state index is -1.07. The van der Waals surface area contributed by atoms with E-state index in [0.29, 0.717) is 4.88 Å². The van der Waals surface area contributed by atoms with E-state index in [-0.39, 0.29) is 17.7 Å². The highest BCUT2D eigenvalue weighted by Crippen LogP contribution is 2.36. The molecule has 0 saturated carbocycles. The highest BCUT2D eigenvalue weighted by molar-refractivity contribution is 7.14. The number of hydrogen-bond acceptors (Lipinski definition) is 5. The molecule has 1 amide bonds. The van der Waals surface area contributed by atoms with Crippen molar-refractivity contribution in [2.24, 2.45) is 0 Å². The van der Waals surface area contributed by atoms with E-state index in [1.165, 1.54) is 11.3 Å². The largest absolute Gasteiger partial charge is 0.494 e. The molecule has 1 aliphatic heterocycles. The number of carboxylic acids is 1. The third kappa shape index (κ3) is 5.25. The summed E-state index contributed by atoms with van der Waals surface area (Å²) in [6, 6.07) is 10.1. The number of aliphatic carboxylic acids is 1. The van der Waals surface area contributed by atoms with Gasteiger partial charge in [0.15, 0.2) is 0 Å². The van der Waals surface area contributed by atoms with Crippen molar-refractivity contribution in [1.82, 2.24) is 5.32 Å². The Balaban J connectivity index is 1.67. The van der Waals surface area contributed by atoms with Gasteiger partial charge in [-0.05, 0) is 56.3 Å².